The summed E-state index contributed by atoms with van der Waals surface area (Å²) in [6.45, 7) is 11.2. The molecule has 514 valence electrons. The van der Waals surface area contributed by atoms with E-state index in [4.69, 9.17) is 45.9 Å². The van der Waals surface area contributed by atoms with Crippen molar-refractivity contribution in [3.8, 4) is 0 Å². The highest BCUT2D eigenvalue weighted by molar-refractivity contribution is 6.00. The first kappa shape index (κ1) is 79.9. The molecule has 0 saturated carbocycles. The lowest BCUT2D eigenvalue weighted by Crippen LogP contribution is -2.60. The van der Waals surface area contributed by atoms with Crippen LogP contribution < -0.4 is 93.7 Å². The number of guanidine groups is 3. The summed E-state index contributed by atoms with van der Waals surface area (Å²) in [7, 11) is 0. The topological polar surface area (TPSA) is 619 Å². The van der Waals surface area contributed by atoms with E-state index in [0.29, 0.717) is 6.42 Å². The first-order valence-corrected chi connectivity index (χ1v) is 30.2. The summed E-state index contributed by atoms with van der Waals surface area (Å²) in [5.41, 5.74) is 44.4. The van der Waals surface area contributed by atoms with Crippen LogP contribution in [-0.4, -0.2) is 203 Å². The summed E-state index contributed by atoms with van der Waals surface area (Å²) < 4.78 is 0. The SMILES string of the molecule is CC(C)C[C@H](NC(=O)[C@H](CC(C)C)NC(=O)CNC(=O)[C@H](C)NC(=O)[C@H](CCC(=O)O)NC(=O)[C@H](CC(C)C)NC(=O)[C@@H]1CCCN1C(=O)[C@H](CC(N)=O)NC(=O)[C@H](CCCN=C(N)N)NC(=O)[C@H](CCCN=C(N)N)NC(=O)[C@@H](N)CCCN=C(N)N)C(=O)O. The number of carboxylic acid groups (broad SMARTS) is 2. The van der Waals surface area contributed by atoms with E-state index in [-0.39, 0.29) is 126 Å². The molecule has 0 aliphatic carbocycles. The molecule has 0 bridgehead atoms. The fraction of sp³-hybridized carbons (Fsp3) is 0.709. The number of amides is 11. The monoisotopic (exact) mass is 1290 g/mol. The third-order valence-electron chi connectivity index (χ3n) is 13.8. The van der Waals surface area contributed by atoms with Crippen molar-refractivity contribution >= 4 is 94.8 Å². The molecule has 1 rings (SSSR count). The van der Waals surface area contributed by atoms with Crippen LogP contribution in [0.3, 0.4) is 0 Å². The van der Waals surface area contributed by atoms with Gasteiger partial charge in [-0.05, 0) is 102 Å². The quantitative estimate of drug-likeness (QED) is 0.0153. The van der Waals surface area contributed by atoms with Gasteiger partial charge in [-0.3, -0.25) is 72.5 Å². The van der Waals surface area contributed by atoms with E-state index in [9.17, 15) is 72.5 Å². The Hall–Kier alpha value is -9.12. The average molecular weight is 1290 g/mol. The molecule has 1 aliphatic rings. The molecule has 1 fully saturated rings. The molecule has 91 heavy (non-hydrogen) atoms. The van der Waals surface area contributed by atoms with Gasteiger partial charge in [0.1, 0.15) is 54.4 Å². The van der Waals surface area contributed by atoms with Gasteiger partial charge in [-0.25, -0.2) is 4.79 Å². The molecule has 36 nitrogen and oxygen atoms in total. The van der Waals surface area contributed by atoms with Gasteiger partial charge < -0.3 is 109 Å². The Morgan fingerprint density at radius 3 is 1.34 bits per heavy atom. The van der Waals surface area contributed by atoms with Crippen molar-refractivity contribution in [2.45, 2.75) is 199 Å². The van der Waals surface area contributed by atoms with Gasteiger partial charge in [0.15, 0.2) is 17.9 Å². The van der Waals surface area contributed by atoms with Crippen molar-refractivity contribution in [1.82, 2.24) is 52.8 Å². The minimum absolute atomic E-state index is 0.0231. The van der Waals surface area contributed by atoms with Crippen LogP contribution in [0.4, 0.5) is 0 Å². The predicted octanol–water partition coefficient (Wildman–Crippen LogP) is -6.56. The highest BCUT2D eigenvalue weighted by atomic mass is 16.4. The first-order chi connectivity index (χ1) is 42.5. The Morgan fingerprint density at radius 2 is 0.890 bits per heavy atom. The van der Waals surface area contributed by atoms with Gasteiger partial charge in [0.25, 0.3) is 0 Å². The average Bonchev–Trinajstić information content (AvgIpc) is 1.85. The minimum atomic E-state index is -1.73. The zero-order valence-corrected chi connectivity index (χ0v) is 53.0. The van der Waals surface area contributed by atoms with Crippen molar-refractivity contribution in [1.29, 1.82) is 0 Å². The Kier molecular flexibility index (Phi) is 36.2. The number of hydrogen-bond acceptors (Lipinski definition) is 17. The molecule has 10 atom stereocenters. The number of rotatable bonds is 43. The third kappa shape index (κ3) is 32.8. The van der Waals surface area contributed by atoms with Crippen molar-refractivity contribution in [3.63, 3.8) is 0 Å². The van der Waals surface area contributed by atoms with Gasteiger partial charge in [0, 0.05) is 32.6 Å². The van der Waals surface area contributed by atoms with Crippen LogP contribution in [0.25, 0.3) is 0 Å². The van der Waals surface area contributed by atoms with Crippen molar-refractivity contribution in [2.75, 3.05) is 32.7 Å². The van der Waals surface area contributed by atoms with Crippen molar-refractivity contribution in [3.05, 3.63) is 0 Å². The molecule has 1 saturated heterocycles. The van der Waals surface area contributed by atoms with Gasteiger partial charge >= 0.3 is 11.9 Å². The van der Waals surface area contributed by atoms with Crippen LogP contribution in [0.5, 0.6) is 0 Å². The number of likely N-dealkylation sites (tertiary alicyclic amines) is 1. The smallest absolute Gasteiger partial charge is 0.326 e. The van der Waals surface area contributed by atoms with Gasteiger partial charge in [0.05, 0.1) is 19.0 Å². The molecule has 11 amide bonds. The second-order valence-electron chi connectivity index (χ2n) is 23.4. The fourth-order valence-corrected chi connectivity index (χ4v) is 9.32. The molecular formula is C55H99N21O15. The molecular weight excluding hydrogens is 1190 g/mol. The molecule has 27 N–H and O–H groups in total. The molecule has 0 aromatic rings. The number of nitrogens with zero attached hydrogens (tertiary/aromatic N) is 4. The van der Waals surface area contributed by atoms with Gasteiger partial charge in [0.2, 0.25) is 65.0 Å². The van der Waals surface area contributed by atoms with Gasteiger partial charge in [-0.15, -0.1) is 0 Å². The van der Waals surface area contributed by atoms with E-state index in [1.165, 1.54) is 6.92 Å². The lowest BCUT2D eigenvalue weighted by Gasteiger charge is -2.31. The van der Waals surface area contributed by atoms with Crippen LogP contribution in [-0.2, 0) is 62.3 Å². The number of hydrogen-bond donors (Lipinski definition) is 19. The zero-order valence-electron chi connectivity index (χ0n) is 53.0. The number of carbonyl (C=O) groups excluding carboxylic acids is 11. The second kappa shape index (κ2) is 41.2. The standard InChI is InChI=1S/C55H99N21O15/c1-27(2)22-35(48(86)75-38(52(90)91)24-29(5)6)69-41(78)26-67-43(81)30(7)68-45(83)34(16-17-42(79)80)72-49(87)36(23-28(3)4)73-50(88)39-15-11-21-76(39)51(89)37(25-40(57)77)74-47(85)33(14-10-20-66-55(62)63)71-46(84)32(13-9-19-65-54(60)61)70-44(82)31(56)12-8-18-64-53(58)59/h27-39H,8-26,56H2,1-7H3,(H2,57,77)(H,67,81)(H,68,83)(H,69,78)(H,70,82)(H,71,84)(H,72,87)(H,73,88)(H,74,85)(H,75,86)(H,79,80)(H,90,91)(H4,58,59,64)(H4,60,61,65)(H4,62,63,66)/t30-,31-,32-,33-,34-,35-,36-,37-,38-,39-/m0/s1. The zero-order chi connectivity index (χ0) is 69.2. The van der Waals surface area contributed by atoms with Crippen LogP contribution in [0.2, 0.25) is 0 Å². The fourth-order valence-electron chi connectivity index (χ4n) is 9.32. The number of carboxylic acids is 2. The number of carbonyl (C=O) groups is 13. The lowest BCUT2D eigenvalue weighted by molar-refractivity contribution is -0.143. The van der Waals surface area contributed by atoms with Crippen molar-refractivity contribution in [2.24, 2.45) is 78.6 Å². The number of nitrogens with two attached hydrogens (primary N) is 8. The van der Waals surface area contributed by atoms with E-state index >= 15 is 0 Å². The summed E-state index contributed by atoms with van der Waals surface area (Å²) >= 11 is 0. The second-order valence-corrected chi connectivity index (χ2v) is 23.4. The minimum Gasteiger partial charge on any atom is -0.481 e. The molecule has 36 heteroatoms. The van der Waals surface area contributed by atoms with Gasteiger partial charge in [-0.1, -0.05) is 41.5 Å². The summed E-state index contributed by atoms with van der Waals surface area (Å²) in [5.74, 6) is -13.7. The van der Waals surface area contributed by atoms with Crippen molar-refractivity contribution < 1.29 is 72.5 Å². The van der Waals surface area contributed by atoms with Crippen LogP contribution >= 0.6 is 0 Å². The molecule has 0 spiro atoms. The largest absolute Gasteiger partial charge is 0.481 e. The van der Waals surface area contributed by atoms with E-state index in [2.05, 4.69) is 62.8 Å². The summed E-state index contributed by atoms with van der Waals surface area (Å²) in [5, 5.41) is 41.6. The van der Waals surface area contributed by atoms with Crippen LogP contribution in [0.15, 0.2) is 15.0 Å². The van der Waals surface area contributed by atoms with Crippen LogP contribution in [0, 0.1) is 17.8 Å². The number of aliphatic imine (C=N–C) groups is 3. The van der Waals surface area contributed by atoms with E-state index in [1.807, 2.05) is 0 Å². The van der Waals surface area contributed by atoms with E-state index in [1.54, 1.807) is 41.5 Å². The Morgan fingerprint density at radius 1 is 0.484 bits per heavy atom. The number of primary amides is 1. The van der Waals surface area contributed by atoms with Gasteiger partial charge in [-0.2, -0.15) is 0 Å². The molecule has 0 aromatic carbocycles. The molecule has 0 unspecified atom stereocenters. The maximum absolute atomic E-state index is 14.5. The normalized spacial score (nSPS) is 15.7. The Labute approximate surface area is 528 Å². The summed E-state index contributed by atoms with van der Waals surface area (Å²) in [4.78, 5) is 186. The highest BCUT2D eigenvalue weighted by Gasteiger charge is 2.41. The Bertz CT molecular complexity index is 2590. The van der Waals surface area contributed by atoms with E-state index < -0.39 is 163 Å². The maximum atomic E-state index is 14.5. The maximum Gasteiger partial charge on any atom is 0.326 e. The number of nitrogens with one attached hydrogen (secondary N) is 9. The Balaban J connectivity index is 3.42. The predicted molar refractivity (Wildman–Crippen MR) is 333 cm³/mol. The lowest BCUT2D eigenvalue weighted by atomic mass is 10.0. The summed E-state index contributed by atoms with van der Waals surface area (Å²) in [6.07, 6.45) is -1.09. The number of aliphatic carboxylic acids is 2. The molecule has 1 aliphatic heterocycles. The van der Waals surface area contributed by atoms with Crippen LogP contribution in [0.1, 0.15) is 138 Å². The summed E-state index contributed by atoms with van der Waals surface area (Å²) in [6, 6.07) is -13.8. The third-order valence-corrected chi connectivity index (χ3v) is 13.8. The molecule has 0 radical (unpaired) electrons. The molecule has 0 aromatic heterocycles. The first-order valence-electron chi connectivity index (χ1n) is 30.2. The van der Waals surface area contributed by atoms with E-state index in [0.717, 1.165) is 4.90 Å². The molecule has 1 heterocycles. The highest BCUT2D eigenvalue weighted by Crippen LogP contribution is 2.21.